The Kier molecular flexibility index (Phi) is 4.54. The van der Waals surface area contributed by atoms with Gasteiger partial charge in [0, 0.05) is 23.4 Å². The summed E-state index contributed by atoms with van der Waals surface area (Å²) in [5.74, 6) is -1.93. The molecule has 1 atom stereocenters. The van der Waals surface area contributed by atoms with Crippen molar-refractivity contribution in [1.29, 1.82) is 0 Å². The van der Waals surface area contributed by atoms with E-state index < -0.39 is 23.6 Å². The molecule has 1 aliphatic heterocycles. The molecule has 0 unspecified atom stereocenters. The van der Waals surface area contributed by atoms with E-state index in [-0.39, 0.29) is 18.2 Å². The summed E-state index contributed by atoms with van der Waals surface area (Å²) in [6.45, 7) is 3.70. The van der Waals surface area contributed by atoms with Crippen molar-refractivity contribution < 1.29 is 18.3 Å². The van der Waals surface area contributed by atoms with Crippen LogP contribution in [0.15, 0.2) is 29.5 Å². The first-order valence-electron chi connectivity index (χ1n) is 7.86. The standard InChI is InChI=1S/C17H18F2N2O2S/c1-3-23-16(22)14-9(2)21(11-5-6-11)17(24)20-15(14)12-7-4-10(18)8-13(12)19/h4,7-8,11,15H,3,5-6H2,1-2H3,(H,20,24)/t15-/m1/s1. The second-order valence-electron chi connectivity index (χ2n) is 5.87. The van der Waals surface area contributed by atoms with E-state index in [0.717, 1.165) is 25.0 Å². The number of carbonyl (C=O) groups is 1. The monoisotopic (exact) mass is 352 g/mol. The van der Waals surface area contributed by atoms with Crippen molar-refractivity contribution in [2.45, 2.75) is 38.8 Å². The second kappa shape index (κ2) is 6.47. The molecule has 0 bridgehead atoms. The SMILES string of the molecule is CCOC(=O)C1=C(C)N(C2CC2)C(=S)N[C@@H]1c1ccc(F)cc1F. The Balaban J connectivity index is 2.09. The number of hydrogen-bond acceptors (Lipinski definition) is 3. The van der Waals surface area contributed by atoms with Crippen LogP contribution < -0.4 is 5.32 Å². The van der Waals surface area contributed by atoms with Crippen LogP contribution in [0.4, 0.5) is 8.78 Å². The summed E-state index contributed by atoms with van der Waals surface area (Å²) in [6.07, 6.45) is 1.98. The van der Waals surface area contributed by atoms with Gasteiger partial charge in [-0.3, -0.25) is 0 Å². The number of esters is 1. The van der Waals surface area contributed by atoms with Gasteiger partial charge in [0.25, 0.3) is 0 Å². The molecule has 1 aliphatic carbocycles. The third-order valence-corrected chi connectivity index (χ3v) is 4.52. The fraction of sp³-hybridized carbons (Fsp3) is 0.412. The molecule has 1 aromatic rings. The maximum atomic E-state index is 14.3. The number of thiocarbonyl (C=S) groups is 1. The highest BCUT2D eigenvalue weighted by molar-refractivity contribution is 7.80. The summed E-state index contributed by atoms with van der Waals surface area (Å²) in [7, 11) is 0. The van der Waals surface area contributed by atoms with Crippen molar-refractivity contribution in [3.8, 4) is 0 Å². The molecular formula is C17H18F2N2O2S. The fourth-order valence-corrected chi connectivity index (χ4v) is 3.38. The van der Waals surface area contributed by atoms with Gasteiger partial charge in [-0.1, -0.05) is 6.07 Å². The lowest BCUT2D eigenvalue weighted by Crippen LogP contribution is -2.49. The number of halogens is 2. The van der Waals surface area contributed by atoms with Crippen LogP contribution in [0.2, 0.25) is 0 Å². The zero-order chi connectivity index (χ0) is 17.4. The van der Waals surface area contributed by atoms with Gasteiger partial charge in [-0.15, -0.1) is 0 Å². The number of benzene rings is 1. The third-order valence-electron chi connectivity index (χ3n) is 4.21. The van der Waals surface area contributed by atoms with Gasteiger partial charge in [-0.25, -0.2) is 13.6 Å². The molecule has 2 aliphatic rings. The summed E-state index contributed by atoms with van der Waals surface area (Å²) in [6, 6.07) is 2.74. The van der Waals surface area contributed by atoms with Crippen molar-refractivity contribution in [3.05, 3.63) is 46.7 Å². The molecule has 1 fully saturated rings. The number of nitrogens with zero attached hydrogens (tertiary/aromatic N) is 1. The van der Waals surface area contributed by atoms with E-state index >= 15 is 0 Å². The van der Waals surface area contributed by atoms with Crippen molar-refractivity contribution in [3.63, 3.8) is 0 Å². The highest BCUT2D eigenvalue weighted by Gasteiger charge is 2.41. The van der Waals surface area contributed by atoms with E-state index in [1.54, 1.807) is 13.8 Å². The molecule has 0 aromatic heterocycles. The van der Waals surface area contributed by atoms with Gasteiger partial charge in [0.1, 0.15) is 11.6 Å². The number of rotatable bonds is 4. The largest absolute Gasteiger partial charge is 0.463 e. The maximum Gasteiger partial charge on any atom is 0.338 e. The van der Waals surface area contributed by atoms with E-state index in [2.05, 4.69) is 5.32 Å². The lowest BCUT2D eigenvalue weighted by Gasteiger charge is -2.37. The Morgan fingerprint density at radius 1 is 1.42 bits per heavy atom. The Labute approximate surface area is 144 Å². The average Bonchev–Trinajstić information content (AvgIpc) is 3.31. The summed E-state index contributed by atoms with van der Waals surface area (Å²) >= 11 is 5.40. The predicted octanol–water partition coefficient (Wildman–Crippen LogP) is 3.20. The molecule has 4 nitrogen and oxygen atoms in total. The molecule has 0 amide bonds. The van der Waals surface area contributed by atoms with Crippen LogP contribution in [-0.2, 0) is 9.53 Å². The second-order valence-corrected chi connectivity index (χ2v) is 6.26. The minimum absolute atomic E-state index is 0.164. The van der Waals surface area contributed by atoms with E-state index in [1.165, 1.54) is 6.07 Å². The molecule has 7 heteroatoms. The van der Waals surface area contributed by atoms with Crippen LogP contribution in [-0.4, -0.2) is 28.6 Å². The Hall–Kier alpha value is -2.02. The zero-order valence-corrected chi connectivity index (χ0v) is 14.3. The lowest BCUT2D eigenvalue weighted by atomic mass is 9.94. The third kappa shape index (κ3) is 3.00. The van der Waals surface area contributed by atoms with Gasteiger partial charge in [0.2, 0.25) is 0 Å². The molecule has 128 valence electrons. The van der Waals surface area contributed by atoms with E-state index in [0.29, 0.717) is 16.4 Å². The topological polar surface area (TPSA) is 41.6 Å². The molecule has 1 N–H and O–H groups in total. The van der Waals surface area contributed by atoms with Gasteiger partial charge >= 0.3 is 5.97 Å². The molecule has 3 rings (SSSR count). The highest BCUT2D eigenvalue weighted by atomic mass is 32.1. The summed E-state index contributed by atoms with van der Waals surface area (Å²) in [5.41, 5.74) is 1.13. The van der Waals surface area contributed by atoms with Crippen molar-refractivity contribution in [1.82, 2.24) is 10.2 Å². The summed E-state index contributed by atoms with van der Waals surface area (Å²) in [4.78, 5) is 14.4. The van der Waals surface area contributed by atoms with Gasteiger partial charge in [0.05, 0.1) is 18.2 Å². The van der Waals surface area contributed by atoms with Gasteiger partial charge in [-0.05, 0) is 45.0 Å². The lowest BCUT2D eigenvalue weighted by molar-refractivity contribution is -0.139. The van der Waals surface area contributed by atoms with Gasteiger partial charge in [0.15, 0.2) is 5.11 Å². The van der Waals surface area contributed by atoms with Gasteiger partial charge in [-0.2, -0.15) is 0 Å². The number of carbonyl (C=O) groups excluding carboxylic acids is 1. The number of ether oxygens (including phenoxy) is 1. The first-order valence-corrected chi connectivity index (χ1v) is 8.27. The first kappa shape index (κ1) is 16.8. The van der Waals surface area contributed by atoms with E-state index in [9.17, 15) is 13.6 Å². The van der Waals surface area contributed by atoms with E-state index in [1.807, 2.05) is 4.90 Å². The first-order chi connectivity index (χ1) is 11.4. The van der Waals surface area contributed by atoms with Crippen molar-refractivity contribution >= 4 is 23.3 Å². The Morgan fingerprint density at radius 2 is 2.12 bits per heavy atom. The molecular weight excluding hydrogens is 334 g/mol. The molecule has 24 heavy (non-hydrogen) atoms. The van der Waals surface area contributed by atoms with E-state index in [4.69, 9.17) is 17.0 Å². The number of allylic oxidation sites excluding steroid dienone is 1. The van der Waals surface area contributed by atoms with Crippen LogP contribution in [0, 0.1) is 11.6 Å². The predicted molar refractivity (Wildman–Crippen MR) is 89.0 cm³/mol. The summed E-state index contributed by atoms with van der Waals surface area (Å²) < 4.78 is 32.6. The normalized spacial score (nSPS) is 20.9. The highest BCUT2D eigenvalue weighted by Crippen LogP contribution is 2.38. The van der Waals surface area contributed by atoms with Crippen molar-refractivity contribution in [2.75, 3.05) is 6.61 Å². The van der Waals surface area contributed by atoms with Crippen LogP contribution in [0.5, 0.6) is 0 Å². The molecule has 1 saturated carbocycles. The Bertz CT molecular complexity index is 731. The van der Waals surface area contributed by atoms with Gasteiger partial charge < -0.3 is 15.0 Å². The molecule has 0 radical (unpaired) electrons. The van der Waals surface area contributed by atoms with Crippen LogP contribution in [0.1, 0.15) is 38.3 Å². The average molecular weight is 352 g/mol. The van der Waals surface area contributed by atoms with Crippen molar-refractivity contribution in [2.24, 2.45) is 0 Å². The number of hydrogen-bond donors (Lipinski definition) is 1. The smallest absolute Gasteiger partial charge is 0.338 e. The molecule has 0 spiro atoms. The molecule has 0 saturated heterocycles. The maximum absolute atomic E-state index is 14.3. The molecule has 1 aromatic carbocycles. The van der Waals surface area contributed by atoms with Crippen LogP contribution >= 0.6 is 12.2 Å². The number of nitrogens with one attached hydrogen (secondary N) is 1. The fourth-order valence-electron chi connectivity index (χ4n) is 2.97. The Morgan fingerprint density at radius 3 is 2.71 bits per heavy atom. The minimum Gasteiger partial charge on any atom is -0.463 e. The summed E-state index contributed by atoms with van der Waals surface area (Å²) in [5, 5.41) is 3.46. The van der Waals surface area contributed by atoms with Crippen LogP contribution in [0.25, 0.3) is 0 Å². The zero-order valence-electron chi connectivity index (χ0n) is 13.4. The quantitative estimate of drug-likeness (QED) is 0.666. The van der Waals surface area contributed by atoms with Crippen LogP contribution in [0.3, 0.4) is 0 Å². The molecule has 1 heterocycles. The minimum atomic E-state index is -0.799.